The molecule has 0 aliphatic heterocycles. The zero-order chi connectivity index (χ0) is 18.6. The van der Waals surface area contributed by atoms with E-state index in [0.717, 1.165) is 45.4 Å². The molecule has 4 nitrogen and oxygen atoms in total. The molecule has 0 unspecified atom stereocenters. The van der Waals surface area contributed by atoms with Gasteiger partial charge in [-0.15, -0.1) is 0 Å². The Morgan fingerprint density at radius 2 is 1.70 bits per heavy atom. The highest BCUT2D eigenvalue weighted by Gasteiger charge is 2.13. The summed E-state index contributed by atoms with van der Waals surface area (Å²) in [4.78, 5) is 15.5. The summed E-state index contributed by atoms with van der Waals surface area (Å²) in [6.07, 6.45) is 1.32. The molecule has 0 spiro atoms. The van der Waals surface area contributed by atoms with Gasteiger partial charge in [0.2, 0.25) is 5.89 Å². The first-order valence-corrected chi connectivity index (χ1v) is 8.85. The van der Waals surface area contributed by atoms with Gasteiger partial charge in [0.05, 0.1) is 0 Å². The molecular formula is C23H19NO3. The standard InChI is InChI=1S/C23H19NO3/c1-16-21(24-23(27-16)18-7-3-2-4-8-18)15-26-22-12-11-17(13-14-25)19-9-5-6-10-20(19)22/h2-12,14H,13,15H2,1H3. The lowest BCUT2D eigenvalue weighted by atomic mass is 10.0. The predicted molar refractivity (Wildman–Crippen MR) is 105 cm³/mol. The van der Waals surface area contributed by atoms with Crippen LogP contribution in [0.1, 0.15) is 17.0 Å². The van der Waals surface area contributed by atoms with Crippen molar-refractivity contribution in [3.63, 3.8) is 0 Å². The van der Waals surface area contributed by atoms with E-state index in [2.05, 4.69) is 4.98 Å². The fourth-order valence-corrected chi connectivity index (χ4v) is 3.14. The number of nitrogens with zero attached hydrogens (tertiary/aromatic N) is 1. The fourth-order valence-electron chi connectivity index (χ4n) is 3.14. The molecule has 0 aliphatic rings. The van der Waals surface area contributed by atoms with Gasteiger partial charge in [0.25, 0.3) is 0 Å². The number of carbonyl (C=O) groups excluding carboxylic acids is 1. The monoisotopic (exact) mass is 357 g/mol. The normalized spacial score (nSPS) is 10.9. The largest absolute Gasteiger partial charge is 0.487 e. The minimum Gasteiger partial charge on any atom is -0.487 e. The lowest BCUT2D eigenvalue weighted by Crippen LogP contribution is -1.99. The summed E-state index contributed by atoms with van der Waals surface area (Å²) in [7, 11) is 0. The third-order valence-electron chi connectivity index (χ3n) is 4.56. The minimum absolute atomic E-state index is 0.319. The van der Waals surface area contributed by atoms with Crippen LogP contribution in [0.2, 0.25) is 0 Å². The van der Waals surface area contributed by atoms with Crippen molar-refractivity contribution in [2.75, 3.05) is 0 Å². The lowest BCUT2D eigenvalue weighted by molar-refractivity contribution is -0.107. The molecule has 1 heterocycles. The Bertz CT molecular complexity index is 1080. The van der Waals surface area contributed by atoms with E-state index in [4.69, 9.17) is 9.15 Å². The molecule has 4 rings (SSSR count). The fraction of sp³-hybridized carbons (Fsp3) is 0.130. The predicted octanol–water partition coefficient (Wildman–Crippen LogP) is 5.12. The van der Waals surface area contributed by atoms with Crippen molar-refractivity contribution in [2.45, 2.75) is 20.0 Å². The first-order chi connectivity index (χ1) is 13.3. The zero-order valence-corrected chi connectivity index (χ0v) is 15.0. The van der Waals surface area contributed by atoms with E-state index in [-0.39, 0.29) is 0 Å². The van der Waals surface area contributed by atoms with Crippen LogP contribution in [0.5, 0.6) is 5.75 Å². The first-order valence-electron chi connectivity index (χ1n) is 8.85. The maximum Gasteiger partial charge on any atom is 0.226 e. The van der Waals surface area contributed by atoms with Gasteiger partial charge >= 0.3 is 0 Å². The van der Waals surface area contributed by atoms with Crippen molar-refractivity contribution in [3.8, 4) is 17.2 Å². The van der Waals surface area contributed by atoms with Gasteiger partial charge in [-0.05, 0) is 36.1 Å². The van der Waals surface area contributed by atoms with Crippen LogP contribution in [0.4, 0.5) is 0 Å². The molecular weight excluding hydrogens is 338 g/mol. The molecule has 0 amide bonds. The molecule has 3 aromatic carbocycles. The van der Waals surface area contributed by atoms with E-state index in [1.165, 1.54) is 0 Å². The third-order valence-corrected chi connectivity index (χ3v) is 4.56. The second-order valence-electron chi connectivity index (χ2n) is 6.32. The summed E-state index contributed by atoms with van der Waals surface area (Å²) in [6.45, 7) is 2.21. The second-order valence-corrected chi connectivity index (χ2v) is 6.32. The molecule has 0 N–H and O–H groups in total. The zero-order valence-electron chi connectivity index (χ0n) is 15.0. The van der Waals surface area contributed by atoms with Gasteiger partial charge in [0, 0.05) is 17.4 Å². The van der Waals surface area contributed by atoms with E-state index in [1.807, 2.05) is 73.7 Å². The van der Waals surface area contributed by atoms with Gasteiger partial charge in [-0.25, -0.2) is 4.98 Å². The maximum absolute atomic E-state index is 10.9. The number of aldehydes is 1. The van der Waals surface area contributed by atoms with Crippen LogP contribution in [-0.4, -0.2) is 11.3 Å². The number of ether oxygens (including phenoxy) is 1. The second kappa shape index (κ2) is 7.46. The molecule has 1 aromatic heterocycles. The van der Waals surface area contributed by atoms with Gasteiger partial charge in [0.15, 0.2) is 0 Å². The number of rotatable bonds is 6. The topological polar surface area (TPSA) is 52.3 Å². The van der Waals surface area contributed by atoms with E-state index < -0.39 is 0 Å². The van der Waals surface area contributed by atoms with Crippen molar-refractivity contribution >= 4 is 17.1 Å². The van der Waals surface area contributed by atoms with Crippen molar-refractivity contribution in [3.05, 3.63) is 83.7 Å². The van der Waals surface area contributed by atoms with Crippen LogP contribution in [-0.2, 0) is 17.8 Å². The van der Waals surface area contributed by atoms with E-state index in [1.54, 1.807) is 0 Å². The summed E-state index contributed by atoms with van der Waals surface area (Å²) < 4.78 is 11.9. The smallest absolute Gasteiger partial charge is 0.226 e. The summed E-state index contributed by atoms with van der Waals surface area (Å²) >= 11 is 0. The number of aromatic nitrogens is 1. The number of fused-ring (bicyclic) bond motifs is 1. The number of hydrogen-bond donors (Lipinski definition) is 0. The average molecular weight is 357 g/mol. The molecule has 0 saturated carbocycles. The molecule has 0 saturated heterocycles. The molecule has 0 atom stereocenters. The minimum atomic E-state index is 0.319. The highest BCUT2D eigenvalue weighted by Crippen LogP contribution is 2.30. The van der Waals surface area contributed by atoms with Gasteiger partial charge < -0.3 is 13.9 Å². The van der Waals surface area contributed by atoms with Crippen LogP contribution < -0.4 is 4.74 Å². The van der Waals surface area contributed by atoms with E-state index in [0.29, 0.717) is 18.9 Å². The van der Waals surface area contributed by atoms with Gasteiger partial charge in [-0.3, -0.25) is 0 Å². The van der Waals surface area contributed by atoms with Crippen LogP contribution in [0.3, 0.4) is 0 Å². The highest BCUT2D eigenvalue weighted by atomic mass is 16.5. The Hall–Kier alpha value is -3.40. The molecule has 0 bridgehead atoms. The molecule has 0 radical (unpaired) electrons. The Labute approximate surface area is 157 Å². The van der Waals surface area contributed by atoms with E-state index >= 15 is 0 Å². The van der Waals surface area contributed by atoms with Crippen LogP contribution in [0.25, 0.3) is 22.2 Å². The van der Waals surface area contributed by atoms with Crippen molar-refractivity contribution in [2.24, 2.45) is 0 Å². The third kappa shape index (κ3) is 3.47. The maximum atomic E-state index is 10.9. The van der Waals surface area contributed by atoms with Crippen molar-refractivity contribution in [1.82, 2.24) is 4.98 Å². The van der Waals surface area contributed by atoms with Crippen molar-refractivity contribution < 1.29 is 13.9 Å². The van der Waals surface area contributed by atoms with Crippen molar-refractivity contribution in [1.29, 1.82) is 0 Å². The molecule has 0 fully saturated rings. The number of oxazole rings is 1. The Morgan fingerprint density at radius 1 is 0.963 bits per heavy atom. The molecule has 134 valence electrons. The summed E-state index contributed by atoms with van der Waals surface area (Å²) in [5, 5.41) is 2.02. The Kier molecular flexibility index (Phi) is 4.71. The van der Waals surface area contributed by atoms with Gasteiger partial charge in [-0.1, -0.05) is 48.5 Å². The van der Waals surface area contributed by atoms with Crippen LogP contribution >= 0.6 is 0 Å². The first kappa shape index (κ1) is 17.0. The number of aryl methyl sites for hydroxylation is 1. The molecule has 4 heteroatoms. The van der Waals surface area contributed by atoms with E-state index in [9.17, 15) is 4.79 Å². The Balaban J connectivity index is 1.60. The number of benzene rings is 3. The number of hydrogen-bond acceptors (Lipinski definition) is 4. The quantitative estimate of drug-likeness (QED) is 0.449. The van der Waals surface area contributed by atoms with Crippen LogP contribution in [0, 0.1) is 6.92 Å². The lowest BCUT2D eigenvalue weighted by Gasteiger charge is -2.11. The summed E-state index contributed by atoms with van der Waals surface area (Å²) in [6, 6.07) is 21.6. The summed E-state index contributed by atoms with van der Waals surface area (Å²) in [5.74, 6) is 2.11. The average Bonchev–Trinajstić information content (AvgIpc) is 3.09. The molecule has 27 heavy (non-hydrogen) atoms. The highest BCUT2D eigenvalue weighted by molar-refractivity contribution is 5.92. The van der Waals surface area contributed by atoms with Gasteiger partial charge in [0.1, 0.15) is 30.1 Å². The molecule has 4 aromatic rings. The SMILES string of the molecule is Cc1oc(-c2ccccc2)nc1COc1ccc(CC=O)c2ccccc12. The molecule has 0 aliphatic carbocycles. The summed E-state index contributed by atoms with van der Waals surface area (Å²) in [5.41, 5.74) is 2.71. The Morgan fingerprint density at radius 3 is 2.48 bits per heavy atom. The van der Waals surface area contributed by atoms with Crippen LogP contribution in [0.15, 0.2) is 71.1 Å². The number of carbonyl (C=O) groups is 1. The van der Waals surface area contributed by atoms with Gasteiger partial charge in [-0.2, -0.15) is 0 Å².